The van der Waals surface area contributed by atoms with Crippen LogP contribution in [0.4, 0.5) is 5.69 Å². The van der Waals surface area contributed by atoms with Crippen molar-refractivity contribution in [3.05, 3.63) is 59.7 Å². The summed E-state index contributed by atoms with van der Waals surface area (Å²) in [6, 6.07) is 11.9. The van der Waals surface area contributed by atoms with Crippen molar-refractivity contribution in [2.45, 2.75) is 30.3 Å². The number of nitrogens with zero attached hydrogens (tertiary/aromatic N) is 1. The Morgan fingerprint density at radius 1 is 1.04 bits per heavy atom. The van der Waals surface area contributed by atoms with E-state index in [0.717, 1.165) is 0 Å². The van der Waals surface area contributed by atoms with E-state index in [1.54, 1.807) is 30.3 Å². The van der Waals surface area contributed by atoms with Gasteiger partial charge in [0.15, 0.2) is 0 Å². The molecule has 8 nitrogen and oxygen atoms in total. The lowest BCUT2D eigenvalue weighted by molar-refractivity contribution is -0.136. The second kappa shape index (κ2) is 6.75. The molecule has 0 bridgehead atoms. The number of hydrogen-bond donors (Lipinski definition) is 2. The van der Waals surface area contributed by atoms with Gasteiger partial charge >= 0.3 is 0 Å². The minimum Gasteiger partial charge on any atom is -0.322 e. The lowest BCUT2D eigenvalue weighted by Gasteiger charge is -2.29. The third-order valence-corrected chi connectivity index (χ3v) is 6.23. The standard InChI is InChI=1S/C19H17N3O5S/c23-17-9-8-16(18(24)20-17)22-11-12-6-7-13(10-15(12)19(22)25)21-28(26,27)14-4-2-1-3-5-14/h1-7,10,16,21H,8-9,11H2,(H,20,23,24). The molecule has 2 aliphatic heterocycles. The van der Waals surface area contributed by atoms with Crippen molar-refractivity contribution in [2.75, 3.05) is 4.72 Å². The summed E-state index contributed by atoms with van der Waals surface area (Å²) >= 11 is 0. The maximum atomic E-state index is 12.8. The van der Waals surface area contributed by atoms with E-state index in [1.807, 2.05) is 0 Å². The van der Waals surface area contributed by atoms with E-state index in [2.05, 4.69) is 10.0 Å². The van der Waals surface area contributed by atoms with E-state index in [-0.39, 0.29) is 41.8 Å². The molecule has 0 spiro atoms. The zero-order valence-corrected chi connectivity index (χ0v) is 15.5. The fraction of sp³-hybridized carbons (Fsp3) is 0.211. The summed E-state index contributed by atoms with van der Waals surface area (Å²) in [6.45, 7) is 0.242. The monoisotopic (exact) mass is 399 g/mol. The molecule has 4 rings (SSSR count). The first-order chi connectivity index (χ1) is 13.3. The van der Waals surface area contributed by atoms with E-state index in [9.17, 15) is 22.8 Å². The van der Waals surface area contributed by atoms with Gasteiger partial charge in [0.2, 0.25) is 11.8 Å². The van der Waals surface area contributed by atoms with Crippen molar-refractivity contribution in [1.82, 2.24) is 10.2 Å². The Labute approximate surface area is 161 Å². The molecule has 1 atom stereocenters. The number of hydrogen-bond acceptors (Lipinski definition) is 5. The number of piperidine rings is 1. The van der Waals surface area contributed by atoms with Gasteiger partial charge in [-0.25, -0.2) is 8.42 Å². The smallest absolute Gasteiger partial charge is 0.261 e. The Balaban J connectivity index is 1.57. The topological polar surface area (TPSA) is 113 Å². The lowest BCUT2D eigenvalue weighted by Crippen LogP contribution is -2.52. The molecular weight excluding hydrogens is 382 g/mol. The van der Waals surface area contributed by atoms with Crippen molar-refractivity contribution in [2.24, 2.45) is 0 Å². The predicted molar refractivity (Wildman–Crippen MR) is 99.7 cm³/mol. The summed E-state index contributed by atoms with van der Waals surface area (Å²) < 4.78 is 27.4. The fourth-order valence-corrected chi connectivity index (χ4v) is 4.50. The number of sulfonamides is 1. The highest BCUT2D eigenvalue weighted by molar-refractivity contribution is 7.92. The van der Waals surface area contributed by atoms with Crippen LogP contribution in [0, 0.1) is 0 Å². The van der Waals surface area contributed by atoms with Gasteiger partial charge in [-0.05, 0) is 36.2 Å². The van der Waals surface area contributed by atoms with Gasteiger partial charge in [0.1, 0.15) is 6.04 Å². The molecule has 1 saturated heterocycles. The summed E-state index contributed by atoms with van der Waals surface area (Å²) in [4.78, 5) is 37.7. The second-order valence-corrected chi connectivity index (χ2v) is 8.37. The maximum absolute atomic E-state index is 12.8. The number of benzene rings is 2. The van der Waals surface area contributed by atoms with Gasteiger partial charge in [-0.15, -0.1) is 0 Å². The highest BCUT2D eigenvalue weighted by Gasteiger charge is 2.39. The van der Waals surface area contributed by atoms with E-state index in [1.165, 1.54) is 23.1 Å². The Hall–Kier alpha value is -3.20. The van der Waals surface area contributed by atoms with Crippen LogP contribution in [-0.2, 0) is 26.2 Å². The van der Waals surface area contributed by atoms with Crippen LogP contribution >= 0.6 is 0 Å². The van der Waals surface area contributed by atoms with Gasteiger partial charge in [-0.2, -0.15) is 0 Å². The van der Waals surface area contributed by atoms with E-state index in [4.69, 9.17) is 0 Å². The van der Waals surface area contributed by atoms with Crippen molar-refractivity contribution >= 4 is 33.4 Å². The molecule has 0 saturated carbocycles. The molecule has 2 N–H and O–H groups in total. The van der Waals surface area contributed by atoms with Gasteiger partial charge in [-0.3, -0.25) is 24.4 Å². The van der Waals surface area contributed by atoms with Crippen molar-refractivity contribution in [3.8, 4) is 0 Å². The molecule has 2 aromatic carbocycles. The van der Waals surface area contributed by atoms with Crippen LogP contribution in [0.25, 0.3) is 0 Å². The fourth-order valence-electron chi connectivity index (χ4n) is 3.43. The number of anilines is 1. The third kappa shape index (κ3) is 3.24. The predicted octanol–water partition coefficient (Wildman–Crippen LogP) is 1.25. The molecule has 3 amide bonds. The number of carbonyl (C=O) groups is 3. The van der Waals surface area contributed by atoms with Crippen molar-refractivity contribution in [3.63, 3.8) is 0 Å². The highest BCUT2D eigenvalue weighted by Crippen LogP contribution is 2.30. The SMILES string of the molecule is O=C1CCC(N2Cc3ccc(NS(=O)(=O)c4ccccc4)cc3C2=O)C(=O)N1. The van der Waals surface area contributed by atoms with E-state index < -0.39 is 22.0 Å². The molecule has 0 aromatic heterocycles. The molecule has 28 heavy (non-hydrogen) atoms. The highest BCUT2D eigenvalue weighted by atomic mass is 32.2. The molecule has 1 fully saturated rings. The maximum Gasteiger partial charge on any atom is 0.261 e. The molecule has 2 aliphatic rings. The minimum absolute atomic E-state index is 0.118. The van der Waals surface area contributed by atoms with Crippen LogP contribution in [0.15, 0.2) is 53.4 Å². The quantitative estimate of drug-likeness (QED) is 0.752. The van der Waals surface area contributed by atoms with Crippen LogP contribution in [0.2, 0.25) is 0 Å². The summed E-state index contributed by atoms with van der Waals surface area (Å²) in [5.41, 5.74) is 1.32. The van der Waals surface area contributed by atoms with Crippen molar-refractivity contribution < 1.29 is 22.8 Å². The van der Waals surface area contributed by atoms with Crippen molar-refractivity contribution in [1.29, 1.82) is 0 Å². The van der Waals surface area contributed by atoms with Gasteiger partial charge < -0.3 is 4.90 Å². The van der Waals surface area contributed by atoms with Gasteiger partial charge in [0, 0.05) is 24.2 Å². The molecule has 2 heterocycles. The number of rotatable bonds is 4. The summed E-state index contributed by atoms with van der Waals surface area (Å²) in [7, 11) is -3.77. The van der Waals surface area contributed by atoms with E-state index >= 15 is 0 Å². The molecule has 0 radical (unpaired) electrons. The first-order valence-electron chi connectivity index (χ1n) is 8.70. The van der Waals surface area contributed by atoms with Gasteiger partial charge in [-0.1, -0.05) is 24.3 Å². The lowest BCUT2D eigenvalue weighted by atomic mass is 10.0. The molecular formula is C19H17N3O5S. The summed E-state index contributed by atoms with van der Waals surface area (Å²) in [5.74, 6) is -1.18. The zero-order valence-electron chi connectivity index (χ0n) is 14.7. The number of fused-ring (bicyclic) bond motifs is 1. The average molecular weight is 399 g/mol. The van der Waals surface area contributed by atoms with Gasteiger partial charge in [0.25, 0.3) is 15.9 Å². The van der Waals surface area contributed by atoms with Crippen LogP contribution < -0.4 is 10.0 Å². The first-order valence-corrected chi connectivity index (χ1v) is 10.2. The first kappa shape index (κ1) is 18.2. The zero-order chi connectivity index (χ0) is 19.9. The summed E-state index contributed by atoms with van der Waals surface area (Å²) in [5, 5.41) is 2.25. The number of carbonyl (C=O) groups excluding carboxylic acids is 3. The Kier molecular flexibility index (Phi) is 4.38. The molecule has 2 aromatic rings. The van der Waals surface area contributed by atoms with Crippen LogP contribution in [0.3, 0.4) is 0 Å². The number of nitrogens with one attached hydrogen (secondary N) is 2. The number of amides is 3. The van der Waals surface area contributed by atoms with Crippen LogP contribution in [0.5, 0.6) is 0 Å². The summed E-state index contributed by atoms with van der Waals surface area (Å²) in [6.07, 6.45) is 0.455. The van der Waals surface area contributed by atoms with Gasteiger partial charge in [0.05, 0.1) is 4.90 Å². The molecule has 0 aliphatic carbocycles. The normalized spacial score (nSPS) is 19.4. The second-order valence-electron chi connectivity index (χ2n) is 6.69. The Morgan fingerprint density at radius 2 is 1.79 bits per heavy atom. The molecule has 144 valence electrons. The van der Waals surface area contributed by atoms with E-state index in [0.29, 0.717) is 11.1 Å². The third-order valence-electron chi connectivity index (χ3n) is 4.83. The Bertz CT molecular complexity index is 1080. The minimum atomic E-state index is -3.77. The van der Waals surface area contributed by atoms with Crippen LogP contribution in [0.1, 0.15) is 28.8 Å². The molecule has 9 heteroatoms. The largest absolute Gasteiger partial charge is 0.322 e. The van der Waals surface area contributed by atoms with Crippen LogP contribution in [-0.4, -0.2) is 37.1 Å². The molecule has 1 unspecified atom stereocenters. The Morgan fingerprint density at radius 3 is 2.50 bits per heavy atom. The number of imide groups is 1. The average Bonchev–Trinajstić information content (AvgIpc) is 2.98.